The molecule has 1 heterocycles. The summed E-state index contributed by atoms with van der Waals surface area (Å²) >= 11 is 0. The normalized spacial score (nSPS) is 29.1. The fraction of sp³-hybridized carbons (Fsp3) is 0.500. The van der Waals surface area contributed by atoms with Crippen LogP contribution in [0.3, 0.4) is 0 Å². The number of carbonyl (C=O) groups is 1. The molecule has 21 heavy (non-hydrogen) atoms. The van der Waals surface area contributed by atoms with E-state index in [1.807, 2.05) is 0 Å². The van der Waals surface area contributed by atoms with E-state index in [4.69, 9.17) is 0 Å². The highest BCUT2D eigenvalue weighted by Gasteiger charge is 2.40. The lowest BCUT2D eigenvalue weighted by atomic mass is 10.0. The number of rotatable bonds is 5. The second-order valence-corrected chi connectivity index (χ2v) is 6.14. The zero-order chi connectivity index (χ0) is 14.7. The summed E-state index contributed by atoms with van der Waals surface area (Å²) in [6.45, 7) is 3.05. The van der Waals surface area contributed by atoms with E-state index in [0.29, 0.717) is 24.4 Å². The van der Waals surface area contributed by atoms with Crippen molar-refractivity contribution in [1.29, 1.82) is 0 Å². The summed E-state index contributed by atoms with van der Waals surface area (Å²) in [6, 6.07) is 11.5. The molecule has 3 atom stereocenters. The van der Waals surface area contributed by atoms with Crippen LogP contribution >= 0.6 is 0 Å². The van der Waals surface area contributed by atoms with Crippen LogP contribution in [0, 0.1) is 5.92 Å². The number of benzene rings is 1. The topological polar surface area (TPSA) is 41.1 Å². The minimum atomic E-state index is 0.187. The number of piperidine rings is 1. The van der Waals surface area contributed by atoms with E-state index in [1.165, 1.54) is 17.6 Å². The van der Waals surface area contributed by atoms with Crippen LogP contribution in [-0.4, -0.2) is 24.5 Å². The molecule has 1 saturated carbocycles. The molecule has 1 aromatic carbocycles. The van der Waals surface area contributed by atoms with Crippen molar-refractivity contribution in [1.82, 2.24) is 10.6 Å². The van der Waals surface area contributed by atoms with Crippen LogP contribution in [0.15, 0.2) is 35.9 Å². The SMILES string of the molecule is CC/C(=C\c1ccccc1)[C@H]1C[C@@H]1N[C@@H]1CCNC(=O)C1. The average Bonchev–Trinajstić information content (AvgIpc) is 3.25. The molecule has 3 rings (SSSR count). The first-order valence-electron chi connectivity index (χ1n) is 8.04. The van der Waals surface area contributed by atoms with E-state index < -0.39 is 0 Å². The zero-order valence-corrected chi connectivity index (χ0v) is 12.6. The summed E-state index contributed by atoms with van der Waals surface area (Å²) in [7, 11) is 0. The summed E-state index contributed by atoms with van der Waals surface area (Å²) < 4.78 is 0. The Kier molecular flexibility index (Phi) is 4.39. The largest absolute Gasteiger partial charge is 0.356 e. The summed E-state index contributed by atoms with van der Waals surface area (Å²) in [5, 5.41) is 6.57. The fourth-order valence-electron chi connectivity index (χ4n) is 3.25. The third kappa shape index (κ3) is 3.73. The number of nitrogens with one attached hydrogen (secondary N) is 2. The molecule has 0 unspecified atom stereocenters. The Morgan fingerprint density at radius 2 is 2.19 bits per heavy atom. The van der Waals surface area contributed by atoms with Crippen LogP contribution in [0.25, 0.3) is 6.08 Å². The summed E-state index contributed by atoms with van der Waals surface area (Å²) in [5.74, 6) is 0.840. The lowest BCUT2D eigenvalue weighted by Crippen LogP contribution is -2.44. The third-order valence-corrected chi connectivity index (χ3v) is 4.52. The van der Waals surface area contributed by atoms with Gasteiger partial charge in [0.15, 0.2) is 0 Å². The maximum Gasteiger partial charge on any atom is 0.221 e. The Morgan fingerprint density at radius 1 is 1.38 bits per heavy atom. The van der Waals surface area contributed by atoms with E-state index in [-0.39, 0.29) is 5.91 Å². The number of hydrogen-bond acceptors (Lipinski definition) is 2. The molecule has 0 radical (unpaired) electrons. The van der Waals surface area contributed by atoms with E-state index in [1.54, 1.807) is 0 Å². The molecular formula is C18H24N2O. The average molecular weight is 284 g/mol. The van der Waals surface area contributed by atoms with Gasteiger partial charge in [0.1, 0.15) is 0 Å². The predicted octanol–water partition coefficient (Wildman–Crippen LogP) is 2.74. The molecule has 0 spiro atoms. The van der Waals surface area contributed by atoms with E-state index in [9.17, 15) is 4.79 Å². The van der Waals surface area contributed by atoms with Gasteiger partial charge in [-0.1, -0.05) is 48.9 Å². The molecule has 112 valence electrons. The van der Waals surface area contributed by atoms with Gasteiger partial charge in [0, 0.05) is 25.0 Å². The van der Waals surface area contributed by atoms with E-state index in [2.05, 4.69) is 54.0 Å². The highest BCUT2D eigenvalue weighted by atomic mass is 16.1. The Hall–Kier alpha value is -1.61. The number of hydrogen-bond donors (Lipinski definition) is 2. The van der Waals surface area contributed by atoms with Crippen molar-refractivity contribution < 1.29 is 4.79 Å². The van der Waals surface area contributed by atoms with E-state index in [0.717, 1.165) is 19.4 Å². The van der Waals surface area contributed by atoms with Crippen LogP contribution in [0.2, 0.25) is 0 Å². The Morgan fingerprint density at radius 3 is 2.90 bits per heavy atom. The van der Waals surface area contributed by atoms with Crippen molar-refractivity contribution in [2.24, 2.45) is 5.92 Å². The Labute approximate surface area is 126 Å². The molecule has 1 aromatic rings. The standard InChI is InChI=1S/C18H24N2O/c1-2-14(10-13-6-4-3-5-7-13)16-12-17(16)20-15-8-9-19-18(21)11-15/h3-7,10,15-17,20H,2,8-9,11-12H2,1H3,(H,19,21)/b14-10+/t15-,16-,17+/m1/s1. The molecule has 2 fully saturated rings. The first-order valence-corrected chi connectivity index (χ1v) is 8.04. The monoisotopic (exact) mass is 284 g/mol. The summed E-state index contributed by atoms with van der Waals surface area (Å²) in [6.07, 6.45) is 6.33. The van der Waals surface area contributed by atoms with Gasteiger partial charge in [-0.15, -0.1) is 0 Å². The van der Waals surface area contributed by atoms with Gasteiger partial charge in [0.25, 0.3) is 0 Å². The highest BCUT2D eigenvalue weighted by Crippen LogP contribution is 2.40. The second kappa shape index (κ2) is 6.44. The minimum Gasteiger partial charge on any atom is -0.356 e. The fourth-order valence-corrected chi connectivity index (χ4v) is 3.25. The molecule has 0 bridgehead atoms. The summed E-state index contributed by atoms with van der Waals surface area (Å²) in [4.78, 5) is 11.4. The molecule has 1 saturated heterocycles. The van der Waals surface area contributed by atoms with Crippen molar-refractivity contribution in [2.45, 2.75) is 44.7 Å². The first-order chi connectivity index (χ1) is 10.3. The van der Waals surface area contributed by atoms with Gasteiger partial charge in [-0.05, 0) is 30.7 Å². The second-order valence-electron chi connectivity index (χ2n) is 6.14. The van der Waals surface area contributed by atoms with Crippen molar-refractivity contribution in [3.05, 3.63) is 41.5 Å². The Bertz CT molecular complexity index is 523. The maximum atomic E-state index is 11.4. The molecule has 2 aliphatic rings. The van der Waals surface area contributed by atoms with Crippen LogP contribution in [0.5, 0.6) is 0 Å². The van der Waals surface area contributed by atoms with Crippen LogP contribution in [0.4, 0.5) is 0 Å². The van der Waals surface area contributed by atoms with Crippen molar-refractivity contribution in [3.63, 3.8) is 0 Å². The lowest BCUT2D eigenvalue weighted by molar-refractivity contribution is -0.122. The van der Waals surface area contributed by atoms with Crippen molar-refractivity contribution in [2.75, 3.05) is 6.54 Å². The quantitative estimate of drug-likeness (QED) is 0.873. The molecule has 1 aliphatic heterocycles. The molecule has 0 aromatic heterocycles. The molecule has 2 N–H and O–H groups in total. The highest BCUT2D eigenvalue weighted by molar-refractivity contribution is 5.77. The molecular weight excluding hydrogens is 260 g/mol. The minimum absolute atomic E-state index is 0.187. The Balaban J connectivity index is 1.58. The van der Waals surface area contributed by atoms with Crippen LogP contribution < -0.4 is 10.6 Å². The predicted molar refractivity (Wildman–Crippen MR) is 85.8 cm³/mol. The number of amides is 1. The van der Waals surface area contributed by atoms with E-state index >= 15 is 0 Å². The van der Waals surface area contributed by atoms with Gasteiger partial charge in [-0.2, -0.15) is 0 Å². The number of carbonyl (C=O) groups excluding carboxylic acids is 1. The lowest BCUT2D eigenvalue weighted by Gasteiger charge is -2.23. The molecule has 3 heteroatoms. The maximum absolute atomic E-state index is 11.4. The van der Waals surface area contributed by atoms with Crippen molar-refractivity contribution >= 4 is 12.0 Å². The molecule has 1 amide bonds. The van der Waals surface area contributed by atoms with Crippen LogP contribution in [-0.2, 0) is 4.79 Å². The van der Waals surface area contributed by atoms with Gasteiger partial charge in [-0.3, -0.25) is 4.79 Å². The summed E-state index contributed by atoms with van der Waals surface area (Å²) in [5.41, 5.74) is 2.82. The van der Waals surface area contributed by atoms with Gasteiger partial charge in [0.2, 0.25) is 5.91 Å². The zero-order valence-electron chi connectivity index (χ0n) is 12.6. The van der Waals surface area contributed by atoms with Crippen molar-refractivity contribution in [3.8, 4) is 0 Å². The van der Waals surface area contributed by atoms with Crippen LogP contribution in [0.1, 0.15) is 38.2 Å². The molecule has 3 nitrogen and oxygen atoms in total. The smallest absolute Gasteiger partial charge is 0.221 e. The van der Waals surface area contributed by atoms with Gasteiger partial charge < -0.3 is 10.6 Å². The van der Waals surface area contributed by atoms with Gasteiger partial charge >= 0.3 is 0 Å². The third-order valence-electron chi connectivity index (χ3n) is 4.52. The van der Waals surface area contributed by atoms with Gasteiger partial charge in [-0.25, -0.2) is 0 Å². The van der Waals surface area contributed by atoms with Gasteiger partial charge in [0.05, 0.1) is 0 Å². The first kappa shape index (κ1) is 14.3. The molecule has 1 aliphatic carbocycles.